The van der Waals surface area contributed by atoms with E-state index in [0.29, 0.717) is 23.7 Å². The molecule has 1 aromatic rings. The molecule has 0 unspecified atom stereocenters. The van der Waals surface area contributed by atoms with Crippen LogP contribution in [0.3, 0.4) is 0 Å². The molecular weight excluding hydrogens is 268 g/mol. The summed E-state index contributed by atoms with van der Waals surface area (Å²) in [5.41, 5.74) is 0.555. The quantitative estimate of drug-likeness (QED) is 0.802. The third kappa shape index (κ3) is 2.13. The lowest BCUT2D eigenvalue weighted by atomic mass is 9.49. The van der Waals surface area contributed by atoms with Crippen LogP contribution in [0.1, 0.15) is 39.4 Å². The summed E-state index contributed by atoms with van der Waals surface area (Å²) in [6, 6.07) is 1.28. The van der Waals surface area contributed by atoms with Gasteiger partial charge >= 0.3 is 5.97 Å². The third-order valence-corrected chi connectivity index (χ3v) is 5.13. The van der Waals surface area contributed by atoms with Crippen LogP contribution in [0.2, 0.25) is 0 Å². The number of aryl methyl sites for hydroxylation is 1. The Labute approximate surface area is 123 Å². The maximum Gasteiger partial charge on any atom is 0.339 e. The number of esters is 1. The summed E-state index contributed by atoms with van der Waals surface area (Å²) in [5.74, 6) is 0.944. The Morgan fingerprint density at radius 3 is 2.86 bits per heavy atom. The number of allylic oxidation sites excluding steroid dienone is 1. The van der Waals surface area contributed by atoms with Crippen LogP contribution in [0.5, 0.6) is 5.75 Å². The number of rotatable bonds is 3. The Bertz CT molecular complexity index is 666. The highest BCUT2D eigenvalue weighted by atomic mass is 16.5. The molecule has 1 heterocycles. The van der Waals surface area contributed by atoms with Gasteiger partial charge in [0.15, 0.2) is 0 Å². The van der Waals surface area contributed by atoms with Gasteiger partial charge in [-0.3, -0.25) is 4.79 Å². The maximum atomic E-state index is 12.4. The van der Waals surface area contributed by atoms with Crippen LogP contribution in [0, 0.1) is 17.3 Å². The minimum atomic E-state index is -0.403. The minimum absolute atomic E-state index is 0.0325. The van der Waals surface area contributed by atoms with Crippen LogP contribution in [0.15, 0.2) is 33.2 Å². The Morgan fingerprint density at radius 2 is 2.24 bits per heavy atom. The lowest BCUT2D eigenvalue weighted by molar-refractivity contribution is -0.134. The van der Waals surface area contributed by atoms with Crippen LogP contribution in [0.25, 0.3) is 0 Å². The highest BCUT2D eigenvalue weighted by molar-refractivity contribution is 5.91. The van der Waals surface area contributed by atoms with Gasteiger partial charge in [0.05, 0.1) is 6.26 Å². The van der Waals surface area contributed by atoms with Gasteiger partial charge in [0.2, 0.25) is 11.2 Å². The van der Waals surface area contributed by atoms with Crippen molar-refractivity contribution in [3.8, 4) is 5.75 Å². The van der Waals surface area contributed by atoms with E-state index >= 15 is 0 Å². The van der Waals surface area contributed by atoms with Gasteiger partial charge in [-0.15, -0.1) is 0 Å². The van der Waals surface area contributed by atoms with E-state index in [1.54, 1.807) is 0 Å². The van der Waals surface area contributed by atoms with Crippen molar-refractivity contribution in [3.05, 3.63) is 40.0 Å². The molecule has 0 amide bonds. The molecule has 4 nitrogen and oxygen atoms in total. The zero-order valence-corrected chi connectivity index (χ0v) is 12.6. The lowest BCUT2D eigenvalue weighted by Gasteiger charge is -2.55. The van der Waals surface area contributed by atoms with E-state index in [2.05, 4.69) is 13.8 Å². The lowest BCUT2D eigenvalue weighted by Crippen LogP contribution is -2.49. The Morgan fingerprint density at radius 1 is 1.48 bits per heavy atom. The molecule has 112 valence electrons. The first-order valence-electron chi connectivity index (χ1n) is 7.48. The number of carbonyl (C=O) groups is 1. The van der Waals surface area contributed by atoms with Crippen LogP contribution >= 0.6 is 0 Å². The van der Waals surface area contributed by atoms with Gasteiger partial charge in [-0.05, 0) is 30.1 Å². The molecule has 3 aliphatic rings. The third-order valence-electron chi connectivity index (χ3n) is 5.13. The molecule has 2 bridgehead atoms. The summed E-state index contributed by atoms with van der Waals surface area (Å²) in [6.45, 7) is 6.25. The summed E-state index contributed by atoms with van der Waals surface area (Å²) in [4.78, 5) is 24.3. The monoisotopic (exact) mass is 288 g/mol. The molecule has 0 saturated heterocycles. The van der Waals surface area contributed by atoms with Crippen molar-refractivity contribution in [1.82, 2.24) is 0 Å². The first-order valence-corrected chi connectivity index (χ1v) is 7.48. The van der Waals surface area contributed by atoms with Crippen molar-refractivity contribution in [1.29, 1.82) is 0 Å². The van der Waals surface area contributed by atoms with Crippen LogP contribution in [0.4, 0.5) is 0 Å². The Kier molecular flexibility index (Phi) is 3.27. The number of hydrogen-bond donors (Lipinski definition) is 0. The largest absolute Gasteiger partial charge is 0.465 e. The predicted octanol–water partition coefficient (Wildman–Crippen LogP) is 3.10. The second-order valence-corrected chi connectivity index (χ2v) is 6.48. The molecule has 1 aromatic heterocycles. The van der Waals surface area contributed by atoms with E-state index in [1.807, 2.05) is 13.0 Å². The maximum absolute atomic E-state index is 12.4. The highest BCUT2D eigenvalue weighted by Crippen LogP contribution is 2.59. The van der Waals surface area contributed by atoms with Gasteiger partial charge in [0.1, 0.15) is 5.76 Å². The smallest absolute Gasteiger partial charge is 0.339 e. The summed E-state index contributed by atoms with van der Waals surface area (Å²) in [5, 5.41) is 0. The molecule has 0 spiro atoms. The molecule has 0 aromatic carbocycles. The van der Waals surface area contributed by atoms with Crippen molar-refractivity contribution in [3.63, 3.8) is 0 Å². The fraction of sp³-hybridized carbons (Fsp3) is 0.529. The molecule has 0 radical (unpaired) electrons. The van der Waals surface area contributed by atoms with Gasteiger partial charge < -0.3 is 9.15 Å². The van der Waals surface area contributed by atoms with Gasteiger partial charge in [-0.2, -0.15) is 0 Å². The van der Waals surface area contributed by atoms with E-state index in [-0.39, 0.29) is 22.5 Å². The van der Waals surface area contributed by atoms with Gasteiger partial charge in [-0.1, -0.05) is 26.8 Å². The predicted molar refractivity (Wildman–Crippen MR) is 78.1 cm³/mol. The van der Waals surface area contributed by atoms with Crippen LogP contribution < -0.4 is 10.2 Å². The zero-order chi connectivity index (χ0) is 15.2. The van der Waals surface area contributed by atoms with Crippen molar-refractivity contribution in [2.75, 3.05) is 0 Å². The van der Waals surface area contributed by atoms with Crippen molar-refractivity contribution < 1.29 is 13.9 Å². The number of carbonyl (C=O) groups excluding carboxylic acids is 1. The molecule has 0 aliphatic heterocycles. The van der Waals surface area contributed by atoms with Crippen molar-refractivity contribution in [2.45, 2.75) is 40.0 Å². The van der Waals surface area contributed by atoms with Crippen LogP contribution in [-0.2, 0) is 11.2 Å². The molecule has 2 atom stereocenters. The summed E-state index contributed by atoms with van der Waals surface area (Å²) >= 11 is 0. The second kappa shape index (κ2) is 4.86. The molecule has 1 fully saturated rings. The van der Waals surface area contributed by atoms with Gasteiger partial charge in [0.25, 0.3) is 0 Å². The molecule has 21 heavy (non-hydrogen) atoms. The van der Waals surface area contributed by atoms with Gasteiger partial charge in [0, 0.05) is 18.1 Å². The normalized spacial score (nSPS) is 25.8. The SMILES string of the molecule is CCc1occc(=O)c1OC(=O)C1=CC[C@H]2C[C@H]1C2(C)C. The van der Waals surface area contributed by atoms with E-state index in [9.17, 15) is 9.59 Å². The molecule has 1 saturated carbocycles. The molecule has 0 N–H and O–H groups in total. The average Bonchev–Trinajstić information content (AvgIpc) is 2.48. The molecule has 4 rings (SSSR count). The molecular formula is C17H20O4. The first-order chi connectivity index (χ1) is 9.95. The standard InChI is InChI=1S/C17H20O4/c1-4-14-15(13(18)7-8-20-14)21-16(19)11-6-5-10-9-12(11)17(10,2)3/h6-8,10,12H,4-5,9H2,1-3H3/t10-,12+/m0/s1. The molecule has 4 heteroatoms. The average molecular weight is 288 g/mol. The Hall–Kier alpha value is -1.84. The van der Waals surface area contributed by atoms with E-state index in [0.717, 1.165) is 12.8 Å². The summed E-state index contributed by atoms with van der Waals surface area (Å²) < 4.78 is 10.6. The number of ether oxygens (including phenoxy) is 1. The van der Waals surface area contributed by atoms with E-state index in [1.165, 1.54) is 12.3 Å². The first kappa shape index (κ1) is 14.1. The number of fused-ring (bicyclic) bond motifs is 1. The minimum Gasteiger partial charge on any atom is -0.465 e. The summed E-state index contributed by atoms with van der Waals surface area (Å²) in [7, 11) is 0. The summed E-state index contributed by atoms with van der Waals surface area (Å²) in [6.07, 6.45) is 5.77. The fourth-order valence-corrected chi connectivity index (χ4v) is 3.53. The van der Waals surface area contributed by atoms with Crippen molar-refractivity contribution in [2.24, 2.45) is 17.3 Å². The topological polar surface area (TPSA) is 56.5 Å². The van der Waals surface area contributed by atoms with E-state index in [4.69, 9.17) is 9.15 Å². The Balaban J connectivity index is 1.85. The van der Waals surface area contributed by atoms with Gasteiger partial charge in [-0.25, -0.2) is 4.79 Å². The van der Waals surface area contributed by atoms with Crippen molar-refractivity contribution >= 4 is 5.97 Å². The number of hydrogen-bond acceptors (Lipinski definition) is 4. The van der Waals surface area contributed by atoms with Crippen LogP contribution in [-0.4, -0.2) is 5.97 Å². The molecule has 3 aliphatic carbocycles. The fourth-order valence-electron chi connectivity index (χ4n) is 3.53. The highest BCUT2D eigenvalue weighted by Gasteiger charge is 2.53. The second-order valence-electron chi connectivity index (χ2n) is 6.48. The zero-order valence-electron chi connectivity index (χ0n) is 12.6. The van der Waals surface area contributed by atoms with E-state index < -0.39 is 5.97 Å².